The highest BCUT2D eigenvalue weighted by molar-refractivity contribution is 5.96. The summed E-state index contributed by atoms with van der Waals surface area (Å²) < 4.78 is 5.35. The van der Waals surface area contributed by atoms with Crippen molar-refractivity contribution < 1.29 is 14.3 Å². The Kier molecular flexibility index (Phi) is 4.89. The molecule has 1 aromatic carbocycles. The Morgan fingerprint density at radius 2 is 2.00 bits per heavy atom. The van der Waals surface area contributed by atoms with Gasteiger partial charge in [-0.1, -0.05) is 0 Å². The van der Waals surface area contributed by atoms with Crippen molar-refractivity contribution in [2.45, 2.75) is 37.8 Å². The van der Waals surface area contributed by atoms with Crippen molar-refractivity contribution in [1.82, 2.24) is 10.2 Å². The van der Waals surface area contributed by atoms with Gasteiger partial charge in [-0.25, -0.2) is 4.79 Å². The third-order valence-corrected chi connectivity index (χ3v) is 4.63. The van der Waals surface area contributed by atoms with E-state index in [-0.39, 0.29) is 24.6 Å². The molecule has 3 N–H and O–H groups in total. The molecule has 0 atom stereocenters. The number of urea groups is 1. The molecule has 130 valence electrons. The second kappa shape index (κ2) is 7.09. The molecule has 0 aromatic heterocycles. The molecule has 1 aliphatic heterocycles. The van der Waals surface area contributed by atoms with Crippen molar-refractivity contribution >= 4 is 23.3 Å². The summed E-state index contributed by atoms with van der Waals surface area (Å²) in [5.74, 6) is 0.396. The highest BCUT2D eigenvalue weighted by Crippen LogP contribution is 2.30. The first-order valence-corrected chi connectivity index (χ1v) is 8.32. The minimum absolute atomic E-state index is 0.00222. The van der Waals surface area contributed by atoms with Crippen LogP contribution in [-0.2, 0) is 4.79 Å². The van der Waals surface area contributed by atoms with Crippen LogP contribution in [0.25, 0.3) is 0 Å². The molecule has 1 heterocycles. The maximum absolute atomic E-state index is 12.2. The second-order valence-corrected chi connectivity index (χ2v) is 6.62. The number of rotatable bonds is 3. The molecule has 1 saturated carbocycles. The minimum Gasteiger partial charge on any atom is -0.482 e. The van der Waals surface area contributed by atoms with Crippen molar-refractivity contribution in [3.8, 4) is 5.75 Å². The summed E-state index contributed by atoms with van der Waals surface area (Å²) in [6.45, 7) is -0.00222. The molecule has 0 saturated heterocycles. The number of anilines is 2. The Labute approximate surface area is 141 Å². The van der Waals surface area contributed by atoms with Gasteiger partial charge in [0.2, 0.25) is 0 Å². The summed E-state index contributed by atoms with van der Waals surface area (Å²) in [6, 6.07) is 5.81. The summed E-state index contributed by atoms with van der Waals surface area (Å²) in [5.41, 5.74) is 1.27. The molecule has 0 bridgehead atoms. The minimum atomic E-state index is -0.205. The second-order valence-electron chi connectivity index (χ2n) is 6.62. The Hall–Kier alpha value is -2.28. The molecule has 1 aromatic rings. The van der Waals surface area contributed by atoms with Gasteiger partial charge in [0, 0.05) is 23.8 Å². The number of benzene rings is 1. The van der Waals surface area contributed by atoms with E-state index in [1.165, 1.54) is 0 Å². The smallest absolute Gasteiger partial charge is 0.319 e. The molecule has 0 unspecified atom stereocenters. The van der Waals surface area contributed by atoms with E-state index in [0.717, 1.165) is 25.7 Å². The van der Waals surface area contributed by atoms with E-state index >= 15 is 0 Å². The number of carbonyl (C=O) groups excluding carboxylic acids is 2. The fraction of sp³-hybridized carbons (Fsp3) is 0.529. The van der Waals surface area contributed by atoms with Gasteiger partial charge < -0.3 is 25.6 Å². The lowest BCUT2D eigenvalue weighted by Crippen LogP contribution is -2.43. The maximum atomic E-state index is 12.2. The van der Waals surface area contributed by atoms with E-state index in [2.05, 4.69) is 34.9 Å². The molecule has 2 aliphatic rings. The average Bonchev–Trinajstić information content (AvgIpc) is 2.55. The summed E-state index contributed by atoms with van der Waals surface area (Å²) in [5, 5.41) is 8.59. The number of amides is 3. The van der Waals surface area contributed by atoms with Crippen LogP contribution >= 0.6 is 0 Å². The molecule has 0 spiro atoms. The van der Waals surface area contributed by atoms with Gasteiger partial charge in [-0.2, -0.15) is 0 Å². The quantitative estimate of drug-likeness (QED) is 0.791. The van der Waals surface area contributed by atoms with Crippen LogP contribution in [0.15, 0.2) is 18.2 Å². The van der Waals surface area contributed by atoms with Crippen LogP contribution in [0, 0.1) is 0 Å². The largest absolute Gasteiger partial charge is 0.482 e. The zero-order valence-corrected chi connectivity index (χ0v) is 14.1. The lowest BCUT2D eigenvalue weighted by Gasteiger charge is -2.32. The summed E-state index contributed by atoms with van der Waals surface area (Å²) in [4.78, 5) is 25.7. The van der Waals surface area contributed by atoms with Gasteiger partial charge in [-0.3, -0.25) is 4.79 Å². The average molecular weight is 332 g/mol. The number of ether oxygens (including phenoxy) is 1. The van der Waals surface area contributed by atoms with E-state index in [0.29, 0.717) is 23.2 Å². The summed E-state index contributed by atoms with van der Waals surface area (Å²) >= 11 is 0. The van der Waals surface area contributed by atoms with Crippen LogP contribution in [0.1, 0.15) is 25.7 Å². The van der Waals surface area contributed by atoms with Crippen molar-refractivity contribution in [2.24, 2.45) is 0 Å². The van der Waals surface area contributed by atoms with E-state index in [1.54, 1.807) is 18.2 Å². The zero-order chi connectivity index (χ0) is 17.1. The van der Waals surface area contributed by atoms with Gasteiger partial charge in [0.25, 0.3) is 5.91 Å². The molecule has 7 nitrogen and oxygen atoms in total. The first-order valence-electron chi connectivity index (χ1n) is 8.32. The topological polar surface area (TPSA) is 82.7 Å². The van der Waals surface area contributed by atoms with E-state index in [4.69, 9.17) is 4.74 Å². The number of hydrogen-bond acceptors (Lipinski definition) is 4. The van der Waals surface area contributed by atoms with Gasteiger partial charge >= 0.3 is 6.03 Å². The number of hydrogen-bond donors (Lipinski definition) is 3. The third-order valence-electron chi connectivity index (χ3n) is 4.63. The molecular weight excluding hydrogens is 308 g/mol. The monoisotopic (exact) mass is 332 g/mol. The number of nitrogens with zero attached hydrogens (tertiary/aromatic N) is 1. The van der Waals surface area contributed by atoms with E-state index in [1.807, 2.05) is 0 Å². The maximum Gasteiger partial charge on any atom is 0.319 e. The Balaban J connectivity index is 1.51. The Morgan fingerprint density at radius 1 is 1.25 bits per heavy atom. The molecule has 3 amide bonds. The SMILES string of the molecule is CN(C)C1CCC(NC(=O)Nc2ccc3c(c2)OCC(=O)N3)CC1. The predicted octanol–water partition coefficient (Wildman–Crippen LogP) is 2.01. The van der Waals surface area contributed by atoms with Gasteiger partial charge in [0.05, 0.1) is 5.69 Å². The molecule has 0 radical (unpaired) electrons. The highest BCUT2D eigenvalue weighted by Gasteiger charge is 2.23. The molecule has 24 heavy (non-hydrogen) atoms. The lowest BCUT2D eigenvalue weighted by atomic mass is 9.91. The fourth-order valence-corrected chi connectivity index (χ4v) is 3.24. The van der Waals surface area contributed by atoms with Crippen LogP contribution in [-0.4, -0.2) is 49.6 Å². The van der Waals surface area contributed by atoms with Gasteiger partial charge in [0.15, 0.2) is 6.61 Å². The molecule has 7 heteroatoms. The first kappa shape index (κ1) is 16.6. The predicted molar refractivity (Wildman–Crippen MR) is 92.5 cm³/mol. The lowest BCUT2D eigenvalue weighted by molar-refractivity contribution is -0.118. The van der Waals surface area contributed by atoms with Crippen molar-refractivity contribution in [2.75, 3.05) is 31.3 Å². The fourth-order valence-electron chi connectivity index (χ4n) is 3.24. The number of nitrogens with one attached hydrogen (secondary N) is 3. The summed E-state index contributed by atoms with van der Waals surface area (Å²) in [6.07, 6.45) is 4.19. The molecule has 1 aliphatic carbocycles. The molecule has 1 fully saturated rings. The normalized spacial score (nSPS) is 23.0. The number of carbonyl (C=O) groups is 2. The zero-order valence-electron chi connectivity index (χ0n) is 14.1. The standard InChI is InChI=1S/C17H24N4O3/c1-21(2)13-6-3-11(4-7-13)18-17(23)19-12-5-8-14-15(9-12)24-10-16(22)20-14/h5,8-9,11,13H,3-4,6-7,10H2,1-2H3,(H,20,22)(H2,18,19,23). The number of fused-ring (bicyclic) bond motifs is 1. The van der Waals surface area contributed by atoms with Crippen LogP contribution in [0.3, 0.4) is 0 Å². The van der Waals surface area contributed by atoms with Crippen molar-refractivity contribution in [3.63, 3.8) is 0 Å². The van der Waals surface area contributed by atoms with Gasteiger partial charge in [-0.15, -0.1) is 0 Å². The van der Waals surface area contributed by atoms with Crippen molar-refractivity contribution in [1.29, 1.82) is 0 Å². The first-order chi connectivity index (χ1) is 11.5. The summed E-state index contributed by atoms with van der Waals surface area (Å²) in [7, 11) is 4.21. The van der Waals surface area contributed by atoms with Gasteiger partial charge in [0.1, 0.15) is 5.75 Å². The van der Waals surface area contributed by atoms with E-state index < -0.39 is 0 Å². The Bertz CT molecular complexity index is 624. The van der Waals surface area contributed by atoms with Crippen LogP contribution < -0.4 is 20.7 Å². The van der Waals surface area contributed by atoms with Crippen LogP contribution in [0.5, 0.6) is 5.75 Å². The van der Waals surface area contributed by atoms with Gasteiger partial charge in [-0.05, 0) is 51.9 Å². The highest BCUT2D eigenvalue weighted by atomic mass is 16.5. The third kappa shape index (κ3) is 3.97. The van der Waals surface area contributed by atoms with Crippen molar-refractivity contribution in [3.05, 3.63) is 18.2 Å². The molecule has 3 rings (SSSR count). The van der Waals surface area contributed by atoms with Crippen LogP contribution in [0.4, 0.5) is 16.2 Å². The molecular formula is C17H24N4O3. The van der Waals surface area contributed by atoms with Crippen LogP contribution in [0.2, 0.25) is 0 Å². The Morgan fingerprint density at radius 3 is 2.71 bits per heavy atom. The van der Waals surface area contributed by atoms with E-state index in [9.17, 15) is 9.59 Å².